The maximum atomic E-state index is 4.67. The number of aromatic nitrogens is 2. The molecule has 0 N–H and O–H groups in total. The van der Waals surface area contributed by atoms with Crippen molar-refractivity contribution in [2.75, 3.05) is 4.90 Å². The van der Waals surface area contributed by atoms with Crippen LogP contribution in [-0.2, 0) is 6.42 Å². The molecule has 0 atom stereocenters. The summed E-state index contributed by atoms with van der Waals surface area (Å²) in [6.45, 7) is 11.3. The molecule has 0 fully saturated rings. The lowest BCUT2D eigenvalue weighted by Crippen LogP contribution is -2.13. The number of rotatable bonds is 8. The van der Waals surface area contributed by atoms with Crippen LogP contribution in [0.5, 0.6) is 0 Å². The fourth-order valence-electron chi connectivity index (χ4n) is 11.0. The van der Waals surface area contributed by atoms with E-state index < -0.39 is 0 Å². The third-order valence-corrected chi connectivity index (χ3v) is 14.7. The normalized spacial score (nSPS) is 13.5. The van der Waals surface area contributed by atoms with Crippen LogP contribution in [0.25, 0.3) is 88.4 Å². The van der Waals surface area contributed by atoms with Crippen molar-refractivity contribution in [3.05, 3.63) is 289 Å². The minimum absolute atomic E-state index is 0.955. The summed E-state index contributed by atoms with van der Waals surface area (Å²) in [5.74, 6) is 0. The van der Waals surface area contributed by atoms with Crippen molar-refractivity contribution in [2.24, 2.45) is 0 Å². The van der Waals surface area contributed by atoms with Crippen LogP contribution in [-0.4, -0.2) is 9.13 Å². The molecule has 0 unspecified atom stereocenters. The second-order valence-corrected chi connectivity index (χ2v) is 19.4. The smallest absolute Gasteiger partial charge is 0.0541 e. The van der Waals surface area contributed by atoms with Gasteiger partial charge in [-0.2, -0.15) is 0 Å². The molecule has 12 aromatic rings. The molecule has 0 amide bonds. The minimum Gasteiger partial charge on any atom is -0.316 e. The first-order chi connectivity index (χ1) is 36.4. The summed E-state index contributed by atoms with van der Waals surface area (Å²) >= 11 is 0. The maximum absolute atomic E-state index is 4.67. The quantitative estimate of drug-likeness (QED) is 0.148. The van der Waals surface area contributed by atoms with E-state index >= 15 is 0 Å². The van der Waals surface area contributed by atoms with Crippen molar-refractivity contribution in [3.63, 3.8) is 0 Å². The van der Waals surface area contributed by atoms with Crippen LogP contribution >= 0.6 is 0 Å². The van der Waals surface area contributed by atoms with Gasteiger partial charge < -0.3 is 14.0 Å². The van der Waals surface area contributed by atoms with E-state index in [0.29, 0.717) is 0 Å². The zero-order valence-corrected chi connectivity index (χ0v) is 42.2. The van der Waals surface area contributed by atoms with Gasteiger partial charge in [0.25, 0.3) is 0 Å². The Bertz CT molecular complexity index is 4060. The molecule has 3 heterocycles. The Morgan fingerprint density at radius 2 is 0.892 bits per heavy atom. The Kier molecular flexibility index (Phi) is 12.3. The van der Waals surface area contributed by atoms with Crippen LogP contribution in [0.2, 0.25) is 0 Å². The highest BCUT2D eigenvalue weighted by atomic mass is 15.1. The molecule has 0 saturated heterocycles. The third-order valence-electron chi connectivity index (χ3n) is 14.7. The molecule has 0 radical (unpaired) electrons. The molecule has 0 saturated carbocycles. The second-order valence-electron chi connectivity index (χ2n) is 19.4. The SMILES string of the molecule is C=C1/C=C\C(c2ccc(C)c(-c3ccccc3C)c2)=C/N(c2ccc(-n3c4ccccc4c4ccccc43)cc2)c2cc(-c3ccc4c(c3)c3ccccc3n4-c3ccccc3)ccc21.CCCc1ccccc1. The van der Waals surface area contributed by atoms with E-state index in [1.807, 2.05) is 0 Å². The van der Waals surface area contributed by atoms with E-state index in [1.54, 1.807) is 0 Å². The van der Waals surface area contributed by atoms with Crippen molar-refractivity contribution >= 4 is 66.1 Å². The lowest BCUT2D eigenvalue weighted by molar-refractivity contribution is 0.922. The molecule has 0 bridgehead atoms. The average molecular weight is 952 g/mol. The first kappa shape index (κ1) is 45.9. The number of para-hydroxylation sites is 4. The summed E-state index contributed by atoms with van der Waals surface area (Å²) < 4.78 is 4.75. The van der Waals surface area contributed by atoms with Gasteiger partial charge in [-0.25, -0.2) is 0 Å². The fourth-order valence-corrected chi connectivity index (χ4v) is 11.0. The number of aryl methyl sites for hydroxylation is 3. The van der Waals surface area contributed by atoms with Gasteiger partial charge in [-0.3, -0.25) is 0 Å². The lowest BCUT2D eigenvalue weighted by Gasteiger charge is -2.28. The van der Waals surface area contributed by atoms with Crippen molar-refractivity contribution < 1.29 is 0 Å². The standard InChI is InChI=1S/C62H45N3.C9H12/c1-41-15-7-8-18-51(41)56-37-45(27-25-43(56)3)47-28-26-42(2)52-35-29-46(44-30-36-61-57(38-44)55-21-11-14-24-60(55)64(61)49-16-5-4-6-17-49)39-62(52)63(40-47)48-31-33-50(34-32-48)65-58-22-12-9-19-53(58)54-20-10-13-23-59(54)65;1-2-6-9-7-4-3-5-8-9/h4-40H,2H2,1,3H3;3-5,7-8H,2,6H2,1H3/b28-26-,47-40+;. The van der Waals surface area contributed by atoms with E-state index in [4.69, 9.17) is 0 Å². The Balaban J connectivity index is 0.000000561. The molecule has 1 aliphatic heterocycles. The molecule has 1 aliphatic rings. The van der Waals surface area contributed by atoms with Crippen molar-refractivity contribution in [2.45, 2.75) is 33.6 Å². The first-order valence-corrected chi connectivity index (χ1v) is 25.8. The van der Waals surface area contributed by atoms with Gasteiger partial charge in [0.05, 0.1) is 27.8 Å². The van der Waals surface area contributed by atoms with Crippen LogP contribution in [0.1, 0.15) is 41.2 Å². The number of hydrogen-bond donors (Lipinski definition) is 0. The summed E-state index contributed by atoms with van der Waals surface area (Å²) in [7, 11) is 0. The number of anilines is 2. The molecule has 13 rings (SSSR count). The highest BCUT2D eigenvalue weighted by Gasteiger charge is 2.21. The zero-order chi connectivity index (χ0) is 50.1. The Hall–Kier alpha value is -9.18. The van der Waals surface area contributed by atoms with Crippen molar-refractivity contribution in [1.82, 2.24) is 9.13 Å². The Morgan fingerprint density at radius 3 is 1.55 bits per heavy atom. The van der Waals surface area contributed by atoms with E-state index in [-0.39, 0.29) is 0 Å². The van der Waals surface area contributed by atoms with Gasteiger partial charge in [0.1, 0.15) is 0 Å². The molecule has 2 aromatic heterocycles. The molecule has 3 nitrogen and oxygen atoms in total. The predicted molar refractivity (Wildman–Crippen MR) is 317 cm³/mol. The Labute approximate surface area is 434 Å². The van der Waals surface area contributed by atoms with Gasteiger partial charge in [-0.15, -0.1) is 0 Å². The van der Waals surface area contributed by atoms with E-state index in [1.165, 1.54) is 84.3 Å². The highest BCUT2D eigenvalue weighted by Crippen LogP contribution is 2.43. The summed E-state index contributed by atoms with van der Waals surface area (Å²) in [5, 5.41) is 4.96. The van der Waals surface area contributed by atoms with Gasteiger partial charge in [-0.05, 0) is 155 Å². The van der Waals surface area contributed by atoms with Crippen molar-refractivity contribution in [3.8, 4) is 33.6 Å². The molecular formula is C71H57N3. The monoisotopic (exact) mass is 951 g/mol. The molecular weight excluding hydrogens is 895 g/mol. The number of fused-ring (bicyclic) bond motifs is 7. The molecule has 356 valence electrons. The molecule has 10 aromatic carbocycles. The molecule has 3 heteroatoms. The Morgan fingerprint density at radius 1 is 0.378 bits per heavy atom. The molecule has 0 aliphatic carbocycles. The number of nitrogens with zero attached hydrogens (tertiary/aromatic N) is 3. The first-order valence-electron chi connectivity index (χ1n) is 25.8. The summed E-state index contributed by atoms with van der Waals surface area (Å²) in [6.07, 6.45) is 9.15. The van der Waals surface area contributed by atoms with Crippen LogP contribution in [0.4, 0.5) is 11.4 Å². The second kappa shape index (κ2) is 19.8. The molecule has 74 heavy (non-hydrogen) atoms. The van der Waals surface area contributed by atoms with Crippen LogP contribution < -0.4 is 4.90 Å². The summed E-state index contributed by atoms with van der Waals surface area (Å²) in [5.41, 5.74) is 22.2. The van der Waals surface area contributed by atoms with E-state index in [2.05, 4.69) is 296 Å². The van der Waals surface area contributed by atoms with Crippen LogP contribution in [0, 0.1) is 13.8 Å². The largest absolute Gasteiger partial charge is 0.316 e. The van der Waals surface area contributed by atoms with E-state index in [0.717, 1.165) is 56.1 Å². The van der Waals surface area contributed by atoms with Gasteiger partial charge in [0, 0.05) is 50.4 Å². The minimum atomic E-state index is 0.955. The molecule has 0 spiro atoms. The van der Waals surface area contributed by atoms with Crippen LogP contribution in [0.15, 0.2) is 262 Å². The lowest BCUT2D eigenvalue weighted by atomic mass is 9.91. The average Bonchev–Trinajstić information content (AvgIpc) is 3.96. The number of benzene rings is 10. The summed E-state index contributed by atoms with van der Waals surface area (Å²) in [6, 6.07) is 85.6. The van der Waals surface area contributed by atoms with E-state index in [9.17, 15) is 0 Å². The highest BCUT2D eigenvalue weighted by molar-refractivity contribution is 6.11. The van der Waals surface area contributed by atoms with Crippen molar-refractivity contribution in [1.29, 1.82) is 0 Å². The topological polar surface area (TPSA) is 13.1 Å². The van der Waals surface area contributed by atoms with Gasteiger partial charge >= 0.3 is 0 Å². The number of allylic oxidation sites excluding steroid dienone is 4. The zero-order valence-electron chi connectivity index (χ0n) is 42.2. The maximum Gasteiger partial charge on any atom is 0.0541 e. The predicted octanol–water partition coefficient (Wildman–Crippen LogP) is 19.2. The number of hydrogen-bond acceptors (Lipinski definition) is 1. The fraction of sp³-hybridized carbons (Fsp3) is 0.0704. The third kappa shape index (κ3) is 8.52. The van der Waals surface area contributed by atoms with Crippen LogP contribution in [0.3, 0.4) is 0 Å². The van der Waals surface area contributed by atoms with Gasteiger partial charge in [-0.1, -0.05) is 190 Å². The van der Waals surface area contributed by atoms with Gasteiger partial charge in [0.15, 0.2) is 0 Å². The van der Waals surface area contributed by atoms with Gasteiger partial charge in [0.2, 0.25) is 0 Å². The summed E-state index contributed by atoms with van der Waals surface area (Å²) in [4.78, 5) is 2.37.